The van der Waals surface area contributed by atoms with E-state index >= 15 is 0 Å². The fraction of sp³-hybridized carbons (Fsp3) is 0.222. The van der Waals surface area contributed by atoms with Gasteiger partial charge in [0.05, 0.1) is 18.8 Å². The second-order valence-corrected chi connectivity index (χ2v) is 7.13. The first-order valence-electron chi connectivity index (χ1n) is 7.62. The van der Waals surface area contributed by atoms with Gasteiger partial charge in [-0.05, 0) is 48.9 Å². The molecule has 0 aliphatic heterocycles. The molecule has 0 radical (unpaired) electrons. The van der Waals surface area contributed by atoms with Crippen LogP contribution >= 0.6 is 23.4 Å². The highest BCUT2D eigenvalue weighted by atomic mass is 35.5. The number of amides is 2. The number of methoxy groups -OCH3 is 1. The van der Waals surface area contributed by atoms with Gasteiger partial charge in [-0.3, -0.25) is 20.4 Å². The molecular formula is C18H19ClN2O3S. The standard InChI is InChI=1S/C18H19ClN2O3S/c1-12(25-16-9-5-14(19)6-10-16)18(23)21-20-17(22)11-13-3-7-15(24-2)8-4-13/h3-10,12H,11H2,1-2H3,(H,20,22)(H,21,23). The third-order valence-corrected chi connectivity index (χ3v) is 4.71. The quantitative estimate of drug-likeness (QED) is 0.598. The molecule has 2 N–H and O–H groups in total. The van der Waals surface area contributed by atoms with E-state index in [0.29, 0.717) is 5.02 Å². The summed E-state index contributed by atoms with van der Waals surface area (Å²) in [6, 6.07) is 14.4. The topological polar surface area (TPSA) is 67.4 Å². The summed E-state index contributed by atoms with van der Waals surface area (Å²) in [4.78, 5) is 24.9. The molecule has 2 rings (SSSR count). The van der Waals surface area contributed by atoms with Crippen molar-refractivity contribution in [2.75, 3.05) is 7.11 Å². The minimum absolute atomic E-state index is 0.170. The smallest absolute Gasteiger partial charge is 0.251 e. The number of benzene rings is 2. The van der Waals surface area contributed by atoms with Gasteiger partial charge in [0.1, 0.15) is 5.75 Å². The molecule has 7 heteroatoms. The predicted molar refractivity (Wildman–Crippen MR) is 99.8 cm³/mol. The van der Waals surface area contributed by atoms with Crippen molar-refractivity contribution in [3.63, 3.8) is 0 Å². The molecule has 0 saturated heterocycles. The largest absolute Gasteiger partial charge is 0.497 e. The van der Waals surface area contributed by atoms with Gasteiger partial charge < -0.3 is 4.74 Å². The molecule has 0 bridgehead atoms. The first-order valence-corrected chi connectivity index (χ1v) is 8.87. The van der Waals surface area contributed by atoms with Gasteiger partial charge in [-0.25, -0.2) is 0 Å². The van der Waals surface area contributed by atoms with Crippen LogP contribution in [0.15, 0.2) is 53.4 Å². The summed E-state index contributed by atoms with van der Waals surface area (Å²) in [6.45, 7) is 1.77. The van der Waals surface area contributed by atoms with Crippen LogP contribution in [0.25, 0.3) is 0 Å². The molecule has 0 aliphatic carbocycles. The Morgan fingerprint density at radius 3 is 2.32 bits per heavy atom. The Kier molecular flexibility index (Phi) is 7.16. The first kappa shape index (κ1) is 19.1. The lowest BCUT2D eigenvalue weighted by Crippen LogP contribution is -2.45. The summed E-state index contributed by atoms with van der Waals surface area (Å²) >= 11 is 7.22. The summed E-state index contributed by atoms with van der Waals surface area (Å²) in [7, 11) is 1.58. The predicted octanol–water partition coefficient (Wildman–Crippen LogP) is 3.22. The SMILES string of the molecule is COc1ccc(CC(=O)NNC(=O)C(C)Sc2ccc(Cl)cc2)cc1. The third kappa shape index (κ3) is 6.32. The minimum Gasteiger partial charge on any atom is -0.497 e. The van der Waals surface area contributed by atoms with E-state index < -0.39 is 0 Å². The molecule has 0 heterocycles. The number of halogens is 1. The lowest BCUT2D eigenvalue weighted by molar-refractivity contribution is -0.128. The molecule has 5 nitrogen and oxygen atoms in total. The Hall–Kier alpha value is -2.18. The Balaban J connectivity index is 1.77. The number of hydrogen-bond donors (Lipinski definition) is 2. The van der Waals surface area contributed by atoms with Crippen molar-refractivity contribution in [3.05, 3.63) is 59.1 Å². The van der Waals surface area contributed by atoms with Gasteiger partial charge in [0.2, 0.25) is 5.91 Å². The molecule has 0 fully saturated rings. The van der Waals surface area contributed by atoms with Crippen molar-refractivity contribution < 1.29 is 14.3 Å². The fourth-order valence-corrected chi connectivity index (χ4v) is 2.97. The monoisotopic (exact) mass is 378 g/mol. The van der Waals surface area contributed by atoms with Gasteiger partial charge in [0, 0.05) is 9.92 Å². The van der Waals surface area contributed by atoms with Gasteiger partial charge in [0.15, 0.2) is 0 Å². The highest BCUT2D eigenvalue weighted by Crippen LogP contribution is 2.24. The van der Waals surface area contributed by atoms with Crippen LogP contribution in [-0.4, -0.2) is 24.2 Å². The molecule has 1 unspecified atom stereocenters. The number of rotatable bonds is 6. The van der Waals surface area contributed by atoms with E-state index in [4.69, 9.17) is 16.3 Å². The highest BCUT2D eigenvalue weighted by Gasteiger charge is 2.15. The Labute approximate surface area is 156 Å². The summed E-state index contributed by atoms with van der Waals surface area (Å²) in [5.41, 5.74) is 5.71. The Bertz CT molecular complexity index is 720. The van der Waals surface area contributed by atoms with Crippen LogP contribution in [0.2, 0.25) is 5.02 Å². The maximum Gasteiger partial charge on any atom is 0.251 e. The fourth-order valence-electron chi connectivity index (χ4n) is 1.98. The molecule has 0 saturated carbocycles. The van der Waals surface area contributed by atoms with E-state index in [9.17, 15) is 9.59 Å². The maximum absolute atomic E-state index is 12.1. The van der Waals surface area contributed by atoms with E-state index in [2.05, 4.69) is 10.9 Å². The average Bonchev–Trinajstić information content (AvgIpc) is 2.62. The second-order valence-electron chi connectivity index (χ2n) is 5.28. The van der Waals surface area contributed by atoms with Gasteiger partial charge in [-0.1, -0.05) is 23.7 Å². The zero-order valence-corrected chi connectivity index (χ0v) is 15.5. The second kappa shape index (κ2) is 9.34. The van der Waals surface area contributed by atoms with E-state index in [-0.39, 0.29) is 23.5 Å². The number of nitrogens with one attached hydrogen (secondary N) is 2. The van der Waals surface area contributed by atoms with Gasteiger partial charge in [-0.15, -0.1) is 11.8 Å². The number of hydrogen-bond acceptors (Lipinski definition) is 4. The molecule has 2 aromatic rings. The van der Waals surface area contributed by atoms with Crippen LogP contribution in [0.5, 0.6) is 5.75 Å². The van der Waals surface area contributed by atoms with Crippen LogP contribution in [0, 0.1) is 0 Å². The molecule has 0 aliphatic rings. The summed E-state index contributed by atoms with van der Waals surface area (Å²) in [5, 5.41) is 0.287. The van der Waals surface area contributed by atoms with E-state index in [1.807, 2.05) is 12.1 Å². The summed E-state index contributed by atoms with van der Waals surface area (Å²) in [5.74, 6) is 0.163. The number of carbonyl (C=O) groups excluding carboxylic acids is 2. The maximum atomic E-state index is 12.1. The van der Waals surface area contributed by atoms with Crippen LogP contribution in [0.1, 0.15) is 12.5 Å². The van der Waals surface area contributed by atoms with E-state index in [1.165, 1.54) is 11.8 Å². The zero-order valence-electron chi connectivity index (χ0n) is 13.9. The van der Waals surface area contributed by atoms with Crippen molar-refractivity contribution in [2.45, 2.75) is 23.5 Å². The first-order chi connectivity index (χ1) is 12.0. The zero-order chi connectivity index (χ0) is 18.2. The molecule has 2 amide bonds. The molecule has 25 heavy (non-hydrogen) atoms. The minimum atomic E-state index is -0.359. The summed E-state index contributed by atoms with van der Waals surface area (Å²) < 4.78 is 5.07. The molecule has 2 aromatic carbocycles. The Morgan fingerprint density at radius 1 is 1.08 bits per heavy atom. The molecule has 1 atom stereocenters. The Morgan fingerprint density at radius 2 is 1.72 bits per heavy atom. The lowest BCUT2D eigenvalue weighted by Gasteiger charge is -2.13. The number of hydrazine groups is 1. The number of carbonyl (C=O) groups is 2. The van der Waals surface area contributed by atoms with E-state index in [1.54, 1.807) is 50.4 Å². The molecule has 132 valence electrons. The van der Waals surface area contributed by atoms with Crippen LogP contribution in [0.4, 0.5) is 0 Å². The van der Waals surface area contributed by atoms with Gasteiger partial charge in [-0.2, -0.15) is 0 Å². The third-order valence-electron chi connectivity index (χ3n) is 3.34. The van der Waals surface area contributed by atoms with Crippen molar-refractivity contribution in [3.8, 4) is 5.75 Å². The molecular weight excluding hydrogens is 360 g/mol. The van der Waals surface area contributed by atoms with Crippen molar-refractivity contribution in [1.82, 2.24) is 10.9 Å². The van der Waals surface area contributed by atoms with Crippen molar-refractivity contribution in [1.29, 1.82) is 0 Å². The molecule has 0 aromatic heterocycles. The number of ether oxygens (including phenoxy) is 1. The lowest BCUT2D eigenvalue weighted by atomic mass is 10.1. The van der Waals surface area contributed by atoms with Crippen molar-refractivity contribution in [2.24, 2.45) is 0 Å². The summed E-state index contributed by atoms with van der Waals surface area (Å²) in [6.07, 6.45) is 0.170. The van der Waals surface area contributed by atoms with Gasteiger partial charge >= 0.3 is 0 Å². The van der Waals surface area contributed by atoms with E-state index in [0.717, 1.165) is 16.2 Å². The van der Waals surface area contributed by atoms with Crippen LogP contribution < -0.4 is 15.6 Å². The van der Waals surface area contributed by atoms with Crippen LogP contribution in [0.3, 0.4) is 0 Å². The highest BCUT2D eigenvalue weighted by molar-refractivity contribution is 8.00. The van der Waals surface area contributed by atoms with Gasteiger partial charge in [0.25, 0.3) is 5.91 Å². The molecule has 0 spiro atoms. The number of thioether (sulfide) groups is 1. The average molecular weight is 379 g/mol. The van der Waals surface area contributed by atoms with Crippen molar-refractivity contribution >= 4 is 35.2 Å². The normalized spacial score (nSPS) is 11.5. The van der Waals surface area contributed by atoms with Crippen LogP contribution in [-0.2, 0) is 16.0 Å².